The Hall–Kier alpha value is -5.08. The number of nitrogens with zero attached hydrogens (tertiary/aromatic N) is 8. The number of aliphatic hydroxyl groups is 1. The highest BCUT2D eigenvalue weighted by molar-refractivity contribution is 5.86. The lowest BCUT2D eigenvalue weighted by Crippen LogP contribution is -2.43. The van der Waals surface area contributed by atoms with E-state index < -0.39 is 12.0 Å². The average Bonchev–Trinajstić information content (AvgIpc) is 3.96. The fraction of sp³-hybridized carbons (Fsp3) is 0.556. The van der Waals surface area contributed by atoms with E-state index in [9.17, 15) is 15.0 Å². The number of phenolic OH excluding ortho intramolecular Hbond substituents is 1. The van der Waals surface area contributed by atoms with Gasteiger partial charge in [-0.25, -0.2) is 9.97 Å². The lowest BCUT2D eigenvalue weighted by atomic mass is 9.81. The van der Waals surface area contributed by atoms with Gasteiger partial charge in [-0.2, -0.15) is 0 Å². The molecule has 0 unspecified atom stereocenters. The number of carbonyl (C=O) groups excluding carboxylic acids is 1. The first-order chi connectivity index (χ1) is 28.6. The number of aromatic hydroxyl groups is 1. The summed E-state index contributed by atoms with van der Waals surface area (Å²) in [7, 11) is 0. The third-order valence-electron chi connectivity index (χ3n) is 13.6. The molecule has 1 amide bonds. The third kappa shape index (κ3) is 7.88. The van der Waals surface area contributed by atoms with Gasteiger partial charge in [0.2, 0.25) is 11.9 Å². The van der Waals surface area contributed by atoms with Crippen molar-refractivity contribution >= 4 is 22.9 Å². The standard InChI is InChI=1S/C45H57N9O5/c1-26(2)41(44(57)54-24-33(55)19-27(54)3)39-21-40(51-59-39)58-25-29-13-16-52(17-14-29)32-11-9-30(10-12-32)31-22-46-45(47-23-31)53-18-15-36-42(28(53)4)35-20-37(49-50-43(35)48-36)34-7-5-6-8-38(34)56/h5-8,20-23,26-30,32-33,41,55-56H,9-19,24-25H2,1-4H3,(H,48,50)/t27-,28-,30?,32?,33-,41-/m1/s1. The van der Waals surface area contributed by atoms with E-state index in [0.717, 1.165) is 68.7 Å². The molecule has 0 spiro atoms. The van der Waals surface area contributed by atoms with Crippen LogP contribution in [-0.2, 0) is 11.2 Å². The number of amides is 1. The SMILES string of the molecule is CC(C)[C@@H](C(=O)N1C[C@H](O)C[C@H]1C)c1cc(OCC2CCN(C3CCC(c4cnc(N5CCc6[nH]c7nnc(-c8ccccc8O)cc7c6[C@H]5C)nc4)CC3)CC2)no1. The number of H-pyrrole nitrogens is 1. The summed E-state index contributed by atoms with van der Waals surface area (Å²) in [6.07, 6.45) is 11.9. The second-order valence-corrected chi connectivity index (χ2v) is 17.8. The second kappa shape index (κ2) is 16.5. The first-order valence-electron chi connectivity index (χ1n) is 21.7. The van der Waals surface area contributed by atoms with Gasteiger partial charge in [-0.15, -0.1) is 10.2 Å². The average molecular weight is 804 g/mol. The first-order valence-corrected chi connectivity index (χ1v) is 21.7. The van der Waals surface area contributed by atoms with Crippen molar-refractivity contribution in [1.29, 1.82) is 0 Å². The fourth-order valence-corrected chi connectivity index (χ4v) is 10.3. The monoisotopic (exact) mass is 803 g/mol. The number of para-hydroxylation sites is 1. The number of β-amino-alcohol motifs (C(OH)–C–C–N with tert-alkyl or cyclic N) is 1. The summed E-state index contributed by atoms with van der Waals surface area (Å²) in [4.78, 5) is 33.5. The molecule has 14 nitrogen and oxygen atoms in total. The highest BCUT2D eigenvalue weighted by Gasteiger charge is 2.39. The fourth-order valence-electron chi connectivity index (χ4n) is 10.3. The van der Waals surface area contributed by atoms with Crippen LogP contribution in [0.25, 0.3) is 22.3 Å². The zero-order chi connectivity index (χ0) is 40.8. The molecule has 1 aromatic carbocycles. The number of aromatic amines is 1. The minimum atomic E-state index is -0.477. The Morgan fingerprint density at radius 1 is 1.00 bits per heavy atom. The van der Waals surface area contributed by atoms with Gasteiger partial charge >= 0.3 is 0 Å². The van der Waals surface area contributed by atoms with E-state index in [1.807, 2.05) is 39.0 Å². The summed E-state index contributed by atoms with van der Waals surface area (Å²) < 4.78 is 11.8. The molecule has 59 heavy (non-hydrogen) atoms. The van der Waals surface area contributed by atoms with Gasteiger partial charge in [-0.1, -0.05) is 26.0 Å². The minimum Gasteiger partial charge on any atom is -0.507 e. The van der Waals surface area contributed by atoms with Crippen molar-refractivity contribution in [3.63, 3.8) is 0 Å². The van der Waals surface area contributed by atoms with E-state index in [0.29, 0.717) is 60.3 Å². The Labute approximate surface area is 345 Å². The number of hydrogen-bond donors (Lipinski definition) is 3. The van der Waals surface area contributed by atoms with Gasteiger partial charge in [0.15, 0.2) is 11.4 Å². The van der Waals surface area contributed by atoms with Gasteiger partial charge in [0.25, 0.3) is 5.88 Å². The Bertz CT molecular complexity index is 2240. The van der Waals surface area contributed by atoms with Crippen LogP contribution in [-0.4, -0.2) is 107 Å². The predicted molar refractivity (Wildman–Crippen MR) is 223 cm³/mol. The maximum absolute atomic E-state index is 13.5. The van der Waals surface area contributed by atoms with Gasteiger partial charge in [-0.3, -0.25) is 4.79 Å². The van der Waals surface area contributed by atoms with Crippen molar-refractivity contribution in [2.45, 2.75) is 115 Å². The summed E-state index contributed by atoms with van der Waals surface area (Å²) in [6.45, 7) is 12.1. The van der Waals surface area contributed by atoms with Gasteiger partial charge in [-0.05, 0) is 119 Å². The topological polar surface area (TPSA) is 170 Å². The molecule has 4 atom stereocenters. The van der Waals surface area contributed by atoms with Crippen molar-refractivity contribution in [2.75, 3.05) is 37.7 Å². The van der Waals surface area contributed by atoms with Crippen molar-refractivity contribution in [3.8, 4) is 22.9 Å². The molecule has 312 valence electrons. The van der Waals surface area contributed by atoms with Crippen LogP contribution < -0.4 is 9.64 Å². The van der Waals surface area contributed by atoms with Crippen LogP contribution in [0.1, 0.15) is 113 Å². The molecular weight excluding hydrogens is 747 g/mol. The van der Waals surface area contributed by atoms with Crippen molar-refractivity contribution < 1.29 is 24.3 Å². The van der Waals surface area contributed by atoms with Crippen LogP contribution in [0.2, 0.25) is 0 Å². The van der Waals surface area contributed by atoms with Gasteiger partial charge < -0.3 is 39.2 Å². The van der Waals surface area contributed by atoms with Crippen molar-refractivity contribution in [2.24, 2.45) is 11.8 Å². The number of aliphatic hydroxyl groups excluding tert-OH is 1. The molecule has 2 saturated heterocycles. The van der Waals surface area contributed by atoms with Gasteiger partial charge in [0.05, 0.1) is 24.4 Å². The van der Waals surface area contributed by atoms with Crippen LogP contribution in [0.15, 0.2) is 53.3 Å². The minimum absolute atomic E-state index is 0.00370. The van der Waals surface area contributed by atoms with Crippen LogP contribution in [0.5, 0.6) is 11.6 Å². The second-order valence-electron chi connectivity index (χ2n) is 17.8. The number of aromatic nitrogens is 6. The Morgan fingerprint density at radius 2 is 1.76 bits per heavy atom. The maximum atomic E-state index is 13.5. The Balaban J connectivity index is 0.750. The number of anilines is 1. The molecule has 3 fully saturated rings. The number of benzene rings is 1. The van der Waals surface area contributed by atoms with Gasteiger partial charge in [0, 0.05) is 72.3 Å². The van der Waals surface area contributed by atoms with E-state index in [-0.39, 0.29) is 29.7 Å². The van der Waals surface area contributed by atoms with Crippen LogP contribution in [0, 0.1) is 11.8 Å². The predicted octanol–water partition coefficient (Wildman–Crippen LogP) is 6.77. The zero-order valence-electron chi connectivity index (χ0n) is 34.6. The van der Waals surface area contributed by atoms with E-state index in [1.54, 1.807) is 23.1 Å². The summed E-state index contributed by atoms with van der Waals surface area (Å²) in [5.41, 5.74) is 5.65. The first kappa shape index (κ1) is 39.4. The normalized spacial score (nSPS) is 24.8. The molecule has 1 aliphatic carbocycles. The Kier molecular flexibility index (Phi) is 11.0. The van der Waals surface area contributed by atoms with E-state index in [1.165, 1.54) is 29.7 Å². The molecule has 14 heteroatoms. The number of likely N-dealkylation sites (tertiary alicyclic amines) is 2. The third-order valence-corrected chi connectivity index (χ3v) is 13.6. The molecule has 1 saturated carbocycles. The van der Waals surface area contributed by atoms with E-state index >= 15 is 0 Å². The lowest BCUT2D eigenvalue weighted by Gasteiger charge is -2.40. The summed E-state index contributed by atoms with van der Waals surface area (Å²) >= 11 is 0. The summed E-state index contributed by atoms with van der Waals surface area (Å²) in [6, 6.07) is 11.7. The number of carbonyl (C=O) groups is 1. The molecule has 5 aromatic rings. The van der Waals surface area contributed by atoms with E-state index in [2.05, 4.69) is 49.5 Å². The largest absolute Gasteiger partial charge is 0.507 e. The van der Waals surface area contributed by atoms with Crippen molar-refractivity contribution in [3.05, 3.63) is 71.4 Å². The number of piperidine rings is 1. The molecule has 4 aromatic heterocycles. The number of fused-ring (bicyclic) bond motifs is 3. The molecule has 3 N–H and O–H groups in total. The molecule has 3 aliphatic heterocycles. The van der Waals surface area contributed by atoms with Crippen LogP contribution in [0.3, 0.4) is 0 Å². The summed E-state index contributed by atoms with van der Waals surface area (Å²) in [5, 5.41) is 34.6. The highest BCUT2D eigenvalue weighted by Crippen LogP contribution is 2.40. The number of rotatable bonds is 10. The van der Waals surface area contributed by atoms with Gasteiger partial charge in [0.1, 0.15) is 11.7 Å². The molecule has 9 rings (SSSR count). The van der Waals surface area contributed by atoms with Crippen LogP contribution in [0.4, 0.5) is 5.95 Å². The smallest absolute Gasteiger partial charge is 0.254 e. The number of nitrogens with one attached hydrogen (secondary N) is 1. The molecule has 0 radical (unpaired) electrons. The maximum Gasteiger partial charge on any atom is 0.254 e. The molecular formula is C45H57N9O5. The number of ether oxygens (including phenoxy) is 1. The molecule has 0 bridgehead atoms. The quantitative estimate of drug-likeness (QED) is 0.136. The highest BCUT2D eigenvalue weighted by atomic mass is 16.5. The number of phenols is 1. The van der Waals surface area contributed by atoms with Crippen molar-refractivity contribution in [1.82, 2.24) is 40.1 Å². The zero-order valence-corrected chi connectivity index (χ0v) is 34.6. The number of hydrogen-bond acceptors (Lipinski definition) is 12. The molecule has 4 aliphatic rings. The van der Waals surface area contributed by atoms with E-state index in [4.69, 9.17) is 19.2 Å². The Morgan fingerprint density at radius 3 is 2.47 bits per heavy atom. The lowest BCUT2D eigenvalue weighted by molar-refractivity contribution is -0.135. The molecule has 7 heterocycles. The summed E-state index contributed by atoms with van der Waals surface area (Å²) in [5.74, 6) is 2.37. The van der Waals surface area contributed by atoms with Crippen LogP contribution >= 0.6 is 0 Å².